The van der Waals surface area contributed by atoms with Crippen molar-refractivity contribution in [3.05, 3.63) is 29.8 Å². The number of sulfonamides is 1. The summed E-state index contributed by atoms with van der Waals surface area (Å²) >= 11 is 0.965. The Morgan fingerprint density at radius 2 is 2.05 bits per heavy atom. The topological polar surface area (TPSA) is 101 Å². The van der Waals surface area contributed by atoms with Crippen molar-refractivity contribution in [3.63, 3.8) is 0 Å². The Labute approximate surface area is 132 Å². The Morgan fingerprint density at radius 1 is 1.27 bits per heavy atom. The molecule has 0 spiro atoms. The number of rotatable bonds is 6. The van der Waals surface area contributed by atoms with Crippen LogP contribution in [0.2, 0.25) is 0 Å². The van der Waals surface area contributed by atoms with Gasteiger partial charge in [-0.2, -0.15) is 8.75 Å². The summed E-state index contributed by atoms with van der Waals surface area (Å²) in [4.78, 5) is 11.5. The van der Waals surface area contributed by atoms with Gasteiger partial charge in [0.1, 0.15) is 15.9 Å². The summed E-state index contributed by atoms with van der Waals surface area (Å²) in [7, 11) is -3.69. The molecule has 0 radical (unpaired) electrons. The van der Waals surface area contributed by atoms with Gasteiger partial charge < -0.3 is 5.32 Å². The van der Waals surface area contributed by atoms with Crippen LogP contribution in [0.3, 0.4) is 0 Å². The average molecular weight is 340 g/mol. The van der Waals surface area contributed by atoms with Crippen molar-refractivity contribution in [2.45, 2.75) is 18.7 Å². The van der Waals surface area contributed by atoms with Gasteiger partial charge in [0, 0.05) is 19.2 Å². The number of nitrogens with zero attached hydrogens (tertiary/aromatic N) is 2. The summed E-state index contributed by atoms with van der Waals surface area (Å²) in [5.41, 5.74) is 1.78. The van der Waals surface area contributed by atoms with Gasteiger partial charge in [0.2, 0.25) is 15.9 Å². The van der Waals surface area contributed by atoms with Crippen molar-refractivity contribution in [1.29, 1.82) is 0 Å². The maximum atomic E-state index is 12.3. The van der Waals surface area contributed by atoms with E-state index in [0.29, 0.717) is 11.0 Å². The first-order chi connectivity index (χ1) is 10.4. The summed E-state index contributed by atoms with van der Waals surface area (Å²) in [6, 6.07) is 4.81. The van der Waals surface area contributed by atoms with Crippen LogP contribution in [0, 0.1) is 0 Å². The minimum absolute atomic E-state index is 0.0920. The summed E-state index contributed by atoms with van der Waals surface area (Å²) in [5, 5.41) is 2.60. The lowest BCUT2D eigenvalue weighted by Gasteiger charge is -2.07. The third-order valence-electron chi connectivity index (χ3n) is 2.67. The van der Waals surface area contributed by atoms with Gasteiger partial charge in [0.15, 0.2) is 0 Å². The molecule has 0 saturated carbocycles. The number of hydrogen-bond acceptors (Lipinski definition) is 6. The second-order valence-electron chi connectivity index (χ2n) is 4.80. The quantitative estimate of drug-likeness (QED) is 0.605. The molecule has 0 atom stereocenters. The van der Waals surface area contributed by atoms with Crippen molar-refractivity contribution >= 4 is 38.7 Å². The van der Waals surface area contributed by atoms with Crippen molar-refractivity contribution in [2.24, 2.45) is 0 Å². The SMILES string of the molecule is CC(C)=CC(=O)NCCNS(=O)(=O)c1cccc2nsnc12. The fourth-order valence-corrected chi connectivity index (χ4v) is 3.56. The second kappa shape index (κ2) is 6.95. The number of carbonyl (C=O) groups is 1. The number of benzene rings is 1. The zero-order valence-electron chi connectivity index (χ0n) is 12.2. The first kappa shape index (κ1) is 16.5. The van der Waals surface area contributed by atoms with Crippen molar-refractivity contribution < 1.29 is 13.2 Å². The Kier molecular flexibility index (Phi) is 5.22. The average Bonchev–Trinajstić information content (AvgIpc) is 2.91. The molecule has 0 bridgehead atoms. The van der Waals surface area contributed by atoms with Gasteiger partial charge in [0.05, 0.1) is 11.7 Å². The minimum atomic E-state index is -3.69. The maximum Gasteiger partial charge on any atom is 0.243 e. The van der Waals surface area contributed by atoms with Crippen LogP contribution in [0.1, 0.15) is 13.8 Å². The third kappa shape index (κ3) is 4.09. The fourth-order valence-electron chi connectivity index (χ4n) is 1.76. The van der Waals surface area contributed by atoms with Gasteiger partial charge in [-0.1, -0.05) is 11.6 Å². The highest BCUT2D eigenvalue weighted by molar-refractivity contribution is 7.89. The molecule has 1 heterocycles. The third-order valence-corrected chi connectivity index (χ3v) is 4.71. The van der Waals surface area contributed by atoms with E-state index in [1.807, 2.05) is 13.8 Å². The molecule has 1 aromatic heterocycles. The molecule has 118 valence electrons. The summed E-state index contributed by atoms with van der Waals surface area (Å²) in [6.07, 6.45) is 1.45. The highest BCUT2D eigenvalue weighted by Gasteiger charge is 2.18. The normalized spacial score (nSPS) is 11.4. The van der Waals surface area contributed by atoms with Gasteiger partial charge in [0.25, 0.3) is 0 Å². The molecule has 1 aromatic carbocycles. The summed E-state index contributed by atoms with van der Waals surface area (Å²) in [6.45, 7) is 3.92. The van der Waals surface area contributed by atoms with Gasteiger partial charge in [-0.05, 0) is 26.0 Å². The zero-order chi connectivity index (χ0) is 16.2. The molecule has 2 rings (SSSR count). The Morgan fingerprint density at radius 3 is 2.77 bits per heavy atom. The smallest absolute Gasteiger partial charge is 0.243 e. The standard InChI is InChI=1S/C13H16N4O3S2/c1-9(2)8-12(18)14-6-7-15-22(19,20)11-5-3-4-10-13(11)17-21-16-10/h3-5,8,15H,6-7H2,1-2H3,(H,14,18). The van der Waals surface area contributed by atoms with E-state index in [1.165, 1.54) is 12.1 Å². The molecule has 0 unspecified atom stereocenters. The van der Waals surface area contributed by atoms with Crippen LogP contribution >= 0.6 is 11.7 Å². The summed E-state index contributed by atoms with van der Waals surface area (Å²) < 4.78 is 35.0. The molecule has 9 heteroatoms. The maximum absolute atomic E-state index is 12.3. The van der Waals surface area contributed by atoms with E-state index in [9.17, 15) is 13.2 Å². The number of fused-ring (bicyclic) bond motifs is 1. The predicted molar refractivity (Wildman–Crippen MR) is 85.0 cm³/mol. The molecule has 2 aromatic rings. The van der Waals surface area contributed by atoms with Crippen LogP contribution in [-0.2, 0) is 14.8 Å². The van der Waals surface area contributed by atoms with Crippen LogP contribution in [0.5, 0.6) is 0 Å². The fraction of sp³-hybridized carbons (Fsp3) is 0.308. The first-order valence-electron chi connectivity index (χ1n) is 6.54. The predicted octanol–water partition coefficient (Wildman–Crippen LogP) is 1.05. The lowest BCUT2D eigenvalue weighted by atomic mass is 10.3. The minimum Gasteiger partial charge on any atom is -0.351 e. The lowest BCUT2D eigenvalue weighted by molar-refractivity contribution is -0.116. The van der Waals surface area contributed by atoms with E-state index in [-0.39, 0.29) is 23.9 Å². The van der Waals surface area contributed by atoms with Crippen LogP contribution in [-0.4, -0.2) is 36.2 Å². The number of amides is 1. The van der Waals surface area contributed by atoms with Crippen LogP contribution in [0.4, 0.5) is 0 Å². The van der Waals surface area contributed by atoms with Crippen molar-refractivity contribution in [3.8, 4) is 0 Å². The highest BCUT2D eigenvalue weighted by Crippen LogP contribution is 2.20. The summed E-state index contributed by atoms with van der Waals surface area (Å²) in [5.74, 6) is -0.245. The number of carbonyl (C=O) groups excluding carboxylic acids is 1. The molecule has 0 aliphatic carbocycles. The molecule has 0 aliphatic rings. The molecular weight excluding hydrogens is 324 g/mol. The van der Waals surface area contributed by atoms with E-state index < -0.39 is 10.0 Å². The Hall–Kier alpha value is -1.84. The van der Waals surface area contributed by atoms with E-state index in [1.54, 1.807) is 12.1 Å². The molecule has 22 heavy (non-hydrogen) atoms. The molecule has 1 amide bonds. The highest BCUT2D eigenvalue weighted by atomic mass is 32.2. The van der Waals surface area contributed by atoms with Gasteiger partial charge in [-0.15, -0.1) is 0 Å². The number of nitrogens with one attached hydrogen (secondary N) is 2. The second-order valence-corrected chi connectivity index (χ2v) is 7.06. The lowest BCUT2D eigenvalue weighted by Crippen LogP contribution is -2.34. The van der Waals surface area contributed by atoms with Crippen molar-refractivity contribution in [1.82, 2.24) is 18.8 Å². The zero-order valence-corrected chi connectivity index (χ0v) is 13.8. The largest absolute Gasteiger partial charge is 0.351 e. The van der Waals surface area contributed by atoms with E-state index in [0.717, 1.165) is 17.3 Å². The molecule has 0 aliphatic heterocycles. The Balaban J connectivity index is 1.99. The van der Waals surface area contributed by atoms with Crippen LogP contribution in [0.15, 0.2) is 34.7 Å². The van der Waals surface area contributed by atoms with Crippen LogP contribution in [0.25, 0.3) is 11.0 Å². The first-order valence-corrected chi connectivity index (χ1v) is 8.75. The van der Waals surface area contributed by atoms with E-state index in [4.69, 9.17) is 0 Å². The number of allylic oxidation sites excluding steroid dienone is 1. The molecule has 0 saturated heterocycles. The van der Waals surface area contributed by atoms with E-state index in [2.05, 4.69) is 18.8 Å². The molecule has 2 N–H and O–H groups in total. The van der Waals surface area contributed by atoms with Crippen molar-refractivity contribution in [2.75, 3.05) is 13.1 Å². The molecular formula is C13H16N4O3S2. The van der Waals surface area contributed by atoms with Gasteiger partial charge in [-0.25, -0.2) is 13.1 Å². The van der Waals surface area contributed by atoms with E-state index >= 15 is 0 Å². The Bertz CT molecular complexity index is 808. The van der Waals surface area contributed by atoms with Crippen LogP contribution < -0.4 is 10.0 Å². The number of hydrogen-bond donors (Lipinski definition) is 2. The molecule has 0 fully saturated rings. The molecule has 7 nitrogen and oxygen atoms in total. The van der Waals surface area contributed by atoms with Gasteiger partial charge in [-0.3, -0.25) is 4.79 Å². The van der Waals surface area contributed by atoms with Gasteiger partial charge >= 0.3 is 0 Å². The number of aromatic nitrogens is 2. The monoisotopic (exact) mass is 340 g/mol.